The number of halogens is 1. The molecule has 0 radical (unpaired) electrons. The second-order valence-electron chi connectivity index (χ2n) is 6.89. The molecule has 1 aromatic carbocycles. The number of carbonyl (C=O) groups is 1. The summed E-state index contributed by atoms with van der Waals surface area (Å²) in [4.78, 5) is 12.8. The molecular formula is C19H25ClN4O. The molecule has 134 valence electrons. The molecule has 0 bridgehead atoms. The zero-order valence-corrected chi connectivity index (χ0v) is 15.4. The summed E-state index contributed by atoms with van der Waals surface area (Å²) in [5.74, 6) is -0.0206. The molecule has 2 aliphatic rings. The highest BCUT2D eigenvalue weighted by Gasteiger charge is 2.27. The Morgan fingerprint density at radius 3 is 2.72 bits per heavy atom. The predicted octanol–water partition coefficient (Wildman–Crippen LogP) is 2.57. The van der Waals surface area contributed by atoms with E-state index in [4.69, 9.17) is 5.10 Å². The van der Waals surface area contributed by atoms with Crippen LogP contribution < -0.4 is 10.6 Å². The normalized spacial score (nSPS) is 19.2. The van der Waals surface area contributed by atoms with Gasteiger partial charge in [0.1, 0.15) is 0 Å². The molecule has 0 spiro atoms. The number of benzene rings is 1. The lowest BCUT2D eigenvalue weighted by atomic mass is 9.95. The van der Waals surface area contributed by atoms with E-state index < -0.39 is 0 Å². The van der Waals surface area contributed by atoms with E-state index in [1.54, 1.807) is 0 Å². The fraction of sp³-hybridized carbons (Fsp3) is 0.474. The lowest BCUT2D eigenvalue weighted by molar-refractivity contribution is 0.0933. The number of aryl methyl sites for hydroxylation is 1. The SMILES string of the molecule is Cc1ccc(-n2nc(C(=O)NC3CCNC3)c3c2CCCC3)cc1.Cl. The van der Waals surface area contributed by atoms with Gasteiger partial charge in [0.05, 0.1) is 5.69 Å². The smallest absolute Gasteiger partial charge is 0.272 e. The van der Waals surface area contributed by atoms with Gasteiger partial charge in [-0.1, -0.05) is 17.7 Å². The van der Waals surface area contributed by atoms with Gasteiger partial charge in [0.15, 0.2) is 5.69 Å². The molecule has 5 nitrogen and oxygen atoms in total. The molecule has 6 heteroatoms. The van der Waals surface area contributed by atoms with Crippen molar-refractivity contribution in [1.29, 1.82) is 0 Å². The van der Waals surface area contributed by atoms with Crippen LogP contribution >= 0.6 is 12.4 Å². The molecule has 0 saturated carbocycles. The number of amides is 1. The number of hydrogen-bond donors (Lipinski definition) is 2. The van der Waals surface area contributed by atoms with E-state index in [9.17, 15) is 4.79 Å². The summed E-state index contributed by atoms with van der Waals surface area (Å²) in [6, 6.07) is 8.58. The first-order chi connectivity index (χ1) is 11.7. The molecule has 1 aliphatic carbocycles. The zero-order chi connectivity index (χ0) is 16.5. The van der Waals surface area contributed by atoms with Gasteiger partial charge in [-0.05, 0) is 57.7 Å². The number of aromatic nitrogens is 2. The lowest BCUT2D eigenvalue weighted by Crippen LogP contribution is -2.37. The van der Waals surface area contributed by atoms with Gasteiger partial charge >= 0.3 is 0 Å². The summed E-state index contributed by atoms with van der Waals surface area (Å²) in [6.45, 7) is 3.91. The number of carbonyl (C=O) groups excluding carboxylic acids is 1. The summed E-state index contributed by atoms with van der Waals surface area (Å²) in [5.41, 5.74) is 5.24. The Labute approximate surface area is 154 Å². The molecule has 1 fully saturated rings. The molecule has 1 atom stereocenters. The van der Waals surface area contributed by atoms with E-state index in [1.165, 1.54) is 11.3 Å². The summed E-state index contributed by atoms with van der Waals surface area (Å²) in [6.07, 6.45) is 5.24. The molecule has 25 heavy (non-hydrogen) atoms. The summed E-state index contributed by atoms with van der Waals surface area (Å²) >= 11 is 0. The van der Waals surface area contributed by atoms with E-state index in [1.807, 2.05) is 4.68 Å². The second kappa shape index (κ2) is 7.58. The van der Waals surface area contributed by atoms with Crippen LogP contribution in [0.25, 0.3) is 5.69 Å². The maximum Gasteiger partial charge on any atom is 0.272 e. The number of hydrogen-bond acceptors (Lipinski definition) is 3. The van der Waals surface area contributed by atoms with Crippen LogP contribution in [-0.2, 0) is 12.8 Å². The van der Waals surface area contributed by atoms with Crippen molar-refractivity contribution in [2.75, 3.05) is 13.1 Å². The van der Waals surface area contributed by atoms with Crippen LogP contribution in [0.5, 0.6) is 0 Å². The average molecular weight is 361 g/mol. The van der Waals surface area contributed by atoms with Gasteiger partial charge in [0.25, 0.3) is 5.91 Å². The van der Waals surface area contributed by atoms with Crippen molar-refractivity contribution in [3.05, 3.63) is 46.8 Å². The highest BCUT2D eigenvalue weighted by Crippen LogP contribution is 2.27. The van der Waals surface area contributed by atoms with Crippen molar-refractivity contribution in [2.45, 2.75) is 45.1 Å². The zero-order valence-electron chi connectivity index (χ0n) is 14.5. The third-order valence-corrected chi connectivity index (χ3v) is 5.07. The second-order valence-corrected chi connectivity index (χ2v) is 6.89. The predicted molar refractivity (Wildman–Crippen MR) is 101 cm³/mol. The molecule has 2 heterocycles. The Morgan fingerprint density at radius 2 is 2.00 bits per heavy atom. The van der Waals surface area contributed by atoms with E-state index in [-0.39, 0.29) is 24.4 Å². The number of nitrogens with zero attached hydrogens (tertiary/aromatic N) is 2. The first-order valence-corrected chi connectivity index (χ1v) is 8.92. The van der Waals surface area contributed by atoms with Crippen molar-refractivity contribution in [3.8, 4) is 5.69 Å². The molecule has 1 unspecified atom stereocenters. The maximum absolute atomic E-state index is 12.8. The Morgan fingerprint density at radius 1 is 1.24 bits per heavy atom. The lowest BCUT2D eigenvalue weighted by Gasteiger charge is -2.15. The van der Waals surface area contributed by atoms with Gasteiger partial charge < -0.3 is 10.6 Å². The van der Waals surface area contributed by atoms with Gasteiger partial charge in [-0.2, -0.15) is 5.10 Å². The number of fused-ring (bicyclic) bond motifs is 1. The standard InChI is InChI=1S/C19H24N4O.ClH/c1-13-6-8-15(9-7-13)23-17-5-3-2-4-16(17)18(22-23)19(24)21-14-10-11-20-12-14;/h6-9,14,20H,2-5,10-12H2,1H3,(H,21,24);1H. The van der Waals surface area contributed by atoms with Gasteiger partial charge in [-0.3, -0.25) is 4.79 Å². The topological polar surface area (TPSA) is 59.0 Å². The molecule has 1 aliphatic heterocycles. The van der Waals surface area contributed by atoms with Gasteiger partial charge in [0, 0.05) is 23.8 Å². The third kappa shape index (κ3) is 3.58. The highest BCUT2D eigenvalue weighted by atomic mass is 35.5. The van der Waals surface area contributed by atoms with Crippen molar-refractivity contribution < 1.29 is 4.79 Å². The van der Waals surface area contributed by atoms with Crippen LogP contribution in [0, 0.1) is 6.92 Å². The van der Waals surface area contributed by atoms with Crippen LogP contribution in [-0.4, -0.2) is 34.8 Å². The first kappa shape index (κ1) is 18.0. The van der Waals surface area contributed by atoms with Crippen LogP contribution in [0.3, 0.4) is 0 Å². The van der Waals surface area contributed by atoms with E-state index in [0.717, 1.165) is 56.4 Å². The van der Waals surface area contributed by atoms with Gasteiger partial charge in [0.2, 0.25) is 0 Å². The van der Waals surface area contributed by atoms with Crippen molar-refractivity contribution >= 4 is 18.3 Å². The summed E-state index contributed by atoms with van der Waals surface area (Å²) in [7, 11) is 0. The Balaban J connectivity index is 0.00000182. The maximum atomic E-state index is 12.8. The van der Waals surface area contributed by atoms with Crippen molar-refractivity contribution in [3.63, 3.8) is 0 Å². The molecule has 1 amide bonds. The molecule has 2 N–H and O–H groups in total. The number of nitrogens with one attached hydrogen (secondary N) is 2. The van der Waals surface area contributed by atoms with Crippen molar-refractivity contribution in [1.82, 2.24) is 20.4 Å². The number of rotatable bonds is 3. The average Bonchev–Trinajstić information content (AvgIpc) is 3.23. The van der Waals surface area contributed by atoms with Crippen LogP contribution in [0.1, 0.15) is 46.6 Å². The van der Waals surface area contributed by atoms with Crippen LogP contribution in [0.2, 0.25) is 0 Å². The molecule has 2 aromatic rings. The minimum absolute atomic E-state index is 0. The monoisotopic (exact) mass is 360 g/mol. The third-order valence-electron chi connectivity index (χ3n) is 5.07. The Kier molecular flexibility index (Phi) is 5.45. The quantitative estimate of drug-likeness (QED) is 0.884. The van der Waals surface area contributed by atoms with Crippen molar-refractivity contribution in [2.24, 2.45) is 0 Å². The fourth-order valence-corrected chi connectivity index (χ4v) is 3.71. The molecule has 1 saturated heterocycles. The van der Waals surface area contributed by atoms with E-state index >= 15 is 0 Å². The molecular weight excluding hydrogens is 336 g/mol. The Hall–Kier alpha value is -1.85. The summed E-state index contributed by atoms with van der Waals surface area (Å²) < 4.78 is 1.98. The minimum Gasteiger partial charge on any atom is -0.347 e. The molecule has 4 rings (SSSR count). The van der Waals surface area contributed by atoms with Crippen LogP contribution in [0.15, 0.2) is 24.3 Å². The van der Waals surface area contributed by atoms with E-state index in [0.29, 0.717) is 5.69 Å². The largest absolute Gasteiger partial charge is 0.347 e. The molecule has 1 aromatic heterocycles. The van der Waals surface area contributed by atoms with Crippen LogP contribution in [0.4, 0.5) is 0 Å². The van der Waals surface area contributed by atoms with E-state index in [2.05, 4.69) is 41.8 Å². The van der Waals surface area contributed by atoms with Gasteiger partial charge in [-0.15, -0.1) is 12.4 Å². The fourth-order valence-electron chi connectivity index (χ4n) is 3.71. The van der Waals surface area contributed by atoms with Gasteiger partial charge in [-0.25, -0.2) is 4.68 Å². The summed E-state index contributed by atoms with van der Waals surface area (Å²) in [5, 5.41) is 11.1. The minimum atomic E-state index is -0.0206. The first-order valence-electron chi connectivity index (χ1n) is 8.92. The Bertz CT molecular complexity index is 748. The highest BCUT2D eigenvalue weighted by molar-refractivity contribution is 5.94.